The van der Waals surface area contributed by atoms with Gasteiger partial charge in [0, 0.05) is 44.0 Å². The van der Waals surface area contributed by atoms with Crippen molar-refractivity contribution >= 4 is 27.4 Å². The van der Waals surface area contributed by atoms with Crippen molar-refractivity contribution in [3.05, 3.63) is 52.7 Å². The maximum absolute atomic E-state index is 4.87. The van der Waals surface area contributed by atoms with E-state index in [-0.39, 0.29) is 0 Å². The van der Waals surface area contributed by atoms with Crippen LogP contribution in [0, 0.1) is 6.92 Å². The number of aryl methyl sites for hydroxylation is 2. The molecular weight excluding hydrogens is 328 g/mol. The van der Waals surface area contributed by atoms with E-state index < -0.39 is 0 Å². The lowest BCUT2D eigenvalue weighted by molar-refractivity contribution is 0.249. The van der Waals surface area contributed by atoms with Gasteiger partial charge >= 0.3 is 0 Å². The molecule has 0 unspecified atom stereocenters. The molecule has 25 heavy (non-hydrogen) atoms. The minimum absolute atomic E-state index is 0.883. The third-order valence-corrected chi connectivity index (χ3v) is 5.72. The summed E-state index contributed by atoms with van der Waals surface area (Å²) in [6, 6.07) is 13.0. The summed E-state index contributed by atoms with van der Waals surface area (Å²) in [4.78, 5) is 17.0. The highest BCUT2D eigenvalue weighted by Gasteiger charge is 2.21. The maximum Gasteiger partial charge on any atom is 0.141 e. The number of aromatic nitrogens is 2. The number of anilines is 1. The van der Waals surface area contributed by atoms with Gasteiger partial charge in [0.15, 0.2) is 0 Å². The zero-order chi connectivity index (χ0) is 17.2. The first-order valence-corrected chi connectivity index (χ1v) is 9.83. The van der Waals surface area contributed by atoms with Crippen LogP contribution in [0.1, 0.15) is 23.2 Å². The van der Waals surface area contributed by atoms with Gasteiger partial charge in [-0.1, -0.05) is 37.3 Å². The van der Waals surface area contributed by atoms with Crippen LogP contribution in [0.3, 0.4) is 0 Å². The van der Waals surface area contributed by atoms with Crippen LogP contribution in [-0.2, 0) is 13.0 Å². The molecular formula is C20H24N4S. The van der Waals surface area contributed by atoms with Gasteiger partial charge in [-0.25, -0.2) is 9.97 Å². The molecule has 0 radical (unpaired) electrons. The van der Waals surface area contributed by atoms with Crippen molar-refractivity contribution in [1.82, 2.24) is 14.9 Å². The molecule has 3 heterocycles. The van der Waals surface area contributed by atoms with Gasteiger partial charge < -0.3 is 4.90 Å². The molecule has 1 aromatic carbocycles. The summed E-state index contributed by atoms with van der Waals surface area (Å²) in [6.45, 7) is 9.51. The number of benzene rings is 1. The second-order valence-corrected chi connectivity index (χ2v) is 7.88. The topological polar surface area (TPSA) is 32.3 Å². The van der Waals surface area contributed by atoms with E-state index >= 15 is 0 Å². The number of fused-ring (bicyclic) bond motifs is 1. The molecule has 1 saturated heterocycles. The van der Waals surface area contributed by atoms with Gasteiger partial charge in [0.2, 0.25) is 0 Å². The molecule has 0 amide bonds. The van der Waals surface area contributed by atoms with Crippen LogP contribution in [-0.4, -0.2) is 41.0 Å². The van der Waals surface area contributed by atoms with E-state index in [1.54, 1.807) is 11.3 Å². The standard InChI is InChI=1S/C20H24N4S/c1-3-18-21-19(17-13-15(2)25-20(17)22-18)24-11-9-23(10-12-24)14-16-7-5-4-6-8-16/h4-8,13H,3,9-12,14H2,1-2H3. The number of thiophene rings is 1. The van der Waals surface area contributed by atoms with Crippen LogP contribution < -0.4 is 4.90 Å². The number of rotatable bonds is 4. The predicted octanol–water partition coefficient (Wildman–Crippen LogP) is 3.88. The van der Waals surface area contributed by atoms with Gasteiger partial charge in [-0.3, -0.25) is 4.90 Å². The van der Waals surface area contributed by atoms with E-state index in [4.69, 9.17) is 9.97 Å². The number of piperazine rings is 1. The van der Waals surface area contributed by atoms with Crippen LogP contribution >= 0.6 is 11.3 Å². The van der Waals surface area contributed by atoms with E-state index in [1.807, 2.05) is 0 Å². The Balaban J connectivity index is 1.51. The Morgan fingerprint density at radius 1 is 1.04 bits per heavy atom. The fourth-order valence-corrected chi connectivity index (χ4v) is 4.32. The first-order valence-electron chi connectivity index (χ1n) is 9.01. The lowest BCUT2D eigenvalue weighted by atomic mass is 10.2. The van der Waals surface area contributed by atoms with E-state index in [1.165, 1.54) is 15.8 Å². The van der Waals surface area contributed by atoms with Gasteiger partial charge in [0.1, 0.15) is 16.5 Å². The van der Waals surface area contributed by atoms with Crippen molar-refractivity contribution in [2.75, 3.05) is 31.1 Å². The molecule has 0 saturated carbocycles. The average molecular weight is 353 g/mol. The van der Waals surface area contributed by atoms with Crippen molar-refractivity contribution < 1.29 is 0 Å². The van der Waals surface area contributed by atoms with Gasteiger partial charge in [0.25, 0.3) is 0 Å². The number of hydrogen-bond acceptors (Lipinski definition) is 5. The molecule has 0 spiro atoms. The third kappa shape index (κ3) is 3.53. The highest BCUT2D eigenvalue weighted by atomic mass is 32.1. The maximum atomic E-state index is 4.87. The first-order chi connectivity index (χ1) is 12.2. The Hall–Kier alpha value is -1.98. The van der Waals surface area contributed by atoms with Gasteiger partial charge in [0.05, 0.1) is 5.39 Å². The molecule has 4 rings (SSSR count). The molecule has 5 heteroatoms. The summed E-state index contributed by atoms with van der Waals surface area (Å²) < 4.78 is 0. The first kappa shape index (κ1) is 16.5. The fourth-order valence-electron chi connectivity index (χ4n) is 3.43. The highest BCUT2D eigenvalue weighted by Crippen LogP contribution is 2.31. The minimum Gasteiger partial charge on any atom is -0.353 e. The average Bonchev–Trinajstić information content (AvgIpc) is 3.02. The summed E-state index contributed by atoms with van der Waals surface area (Å²) in [7, 11) is 0. The molecule has 1 fully saturated rings. The molecule has 0 bridgehead atoms. The Morgan fingerprint density at radius 3 is 2.52 bits per heavy atom. The van der Waals surface area contributed by atoms with Crippen LogP contribution in [0.15, 0.2) is 36.4 Å². The Labute approximate surface area is 153 Å². The van der Waals surface area contributed by atoms with E-state index in [9.17, 15) is 0 Å². The van der Waals surface area contributed by atoms with Gasteiger partial charge in [-0.2, -0.15) is 0 Å². The van der Waals surface area contributed by atoms with E-state index in [2.05, 4.69) is 60.0 Å². The second-order valence-electron chi connectivity index (χ2n) is 6.64. The lowest BCUT2D eigenvalue weighted by Gasteiger charge is -2.35. The van der Waals surface area contributed by atoms with E-state index in [0.717, 1.165) is 55.6 Å². The van der Waals surface area contributed by atoms with Crippen molar-refractivity contribution in [3.8, 4) is 0 Å². The molecule has 0 atom stereocenters. The SMILES string of the molecule is CCc1nc(N2CCN(Cc3ccccc3)CC2)c2cc(C)sc2n1. The summed E-state index contributed by atoms with van der Waals surface area (Å²) in [6.07, 6.45) is 0.883. The zero-order valence-electron chi connectivity index (χ0n) is 14.9. The highest BCUT2D eigenvalue weighted by molar-refractivity contribution is 7.18. The minimum atomic E-state index is 0.883. The van der Waals surface area contributed by atoms with Crippen molar-refractivity contribution in [3.63, 3.8) is 0 Å². The molecule has 2 aromatic heterocycles. The predicted molar refractivity (Wildman–Crippen MR) is 105 cm³/mol. The molecule has 4 nitrogen and oxygen atoms in total. The Kier molecular flexibility index (Phi) is 4.68. The van der Waals surface area contributed by atoms with Crippen LogP contribution in [0.2, 0.25) is 0 Å². The Bertz CT molecular complexity index is 851. The fraction of sp³-hybridized carbons (Fsp3) is 0.400. The van der Waals surface area contributed by atoms with Crippen LogP contribution in [0.25, 0.3) is 10.2 Å². The van der Waals surface area contributed by atoms with Gasteiger partial charge in [-0.15, -0.1) is 11.3 Å². The third-order valence-electron chi connectivity index (χ3n) is 4.78. The number of hydrogen-bond donors (Lipinski definition) is 0. The lowest BCUT2D eigenvalue weighted by Crippen LogP contribution is -2.46. The normalized spacial score (nSPS) is 15.8. The second kappa shape index (κ2) is 7.10. The number of nitrogens with zero attached hydrogens (tertiary/aromatic N) is 4. The van der Waals surface area contributed by atoms with Crippen LogP contribution in [0.5, 0.6) is 0 Å². The van der Waals surface area contributed by atoms with E-state index in [0.29, 0.717) is 0 Å². The molecule has 130 valence electrons. The molecule has 3 aromatic rings. The summed E-state index contributed by atoms with van der Waals surface area (Å²) in [5.41, 5.74) is 1.39. The van der Waals surface area contributed by atoms with Gasteiger partial charge in [-0.05, 0) is 18.6 Å². The Morgan fingerprint density at radius 2 is 1.80 bits per heavy atom. The summed E-state index contributed by atoms with van der Waals surface area (Å²) in [5.74, 6) is 2.08. The summed E-state index contributed by atoms with van der Waals surface area (Å²) in [5, 5.41) is 1.22. The molecule has 1 aliphatic heterocycles. The molecule has 0 aliphatic carbocycles. The smallest absolute Gasteiger partial charge is 0.141 e. The molecule has 1 aliphatic rings. The zero-order valence-corrected chi connectivity index (χ0v) is 15.7. The van der Waals surface area contributed by atoms with Crippen molar-refractivity contribution in [2.24, 2.45) is 0 Å². The molecule has 0 N–H and O–H groups in total. The quantitative estimate of drug-likeness (QED) is 0.713. The summed E-state index contributed by atoms with van der Waals surface area (Å²) >= 11 is 1.77. The van der Waals surface area contributed by atoms with Crippen LogP contribution in [0.4, 0.5) is 5.82 Å². The van der Waals surface area contributed by atoms with Crippen molar-refractivity contribution in [2.45, 2.75) is 26.8 Å². The van der Waals surface area contributed by atoms with Crippen molar-refractivity contribution in [1.29, 1.82) is 0 Å². The monoisotopic (exact) mass is 352 g/mol. The largest absolute Gasteiger partial charge is 0.353 e.